The van der Waals surface area contributed by atoms with Crippen molar-refractivity contribution in [2.75, 3.05) is 19.8 Å². The van der Waals surface area contributed by atoms with Crippen molar-refractivity contribution in [1.29, 1.82) is 0 Å². The normalized spacial score (nSPS) is 22.2. The maximum atomic E-state index is 12.4. The largest absolute Gasteiger partial charge is 0.480 e. The van der Waals surface area contributed by atoms with Crippen LogP contribution in [0.3, 0.4) is 0 Å². The van der Waals surface area contributed by atoms with Gasteiger partial charge in [0.25, 0.3) is 0 Å². The van der Waals surface area contributed by atoms with Crippen LogP contribution in [0.4, 0.5) is 0 Å². The SMILES string of the molecule is CCC(C(=O)O)N(C)C(=O)C1CCCCN1S(C)(=O)=O. The molecular formula is C12H22N2O5S. The number of rotatable bonds is 5. The van der Waals surface area contributed by atoms with E-state index >= 15 is 0 Å². The summed E-state index contributed by atoms with van der Waals surface area (Å²) in [5, 5.41) is 9.09. The Kier molecular flexibility index (Phi) is 5.52. The Labute approximate surface area is 119 Å². The summed E-state index contributed by atoms with van der Waals surface area (Å²) in [5.41, 5.74) is 0. The number of nitrogens with zero attached hydrogens (tertiary/aromatic N) is 2. The van der Waals surface area contributed by atoms with Crippen molar-refractivity contribution >= 4 is 21.9 Å². The van der Waals surface area contributed by atoms with Crippen LogP contribution in [0.5, 0.6) is 0 Å². The Balaban J connectivity index is 2.95. The van der Waals surface area contributed by atoms with E-state index in [1.54, 1.807) is 6.92 Å². The van der Waals surface area contributed by atoms with Crippen LogP contribution in [0.25, 0.3) is 0 Å². The van der Waals surface area contributed by atoms with Crippen LogP contribution < -0.4 is 0 Å². The molecule has 2 atom stereocenters. The summed E-state index contributed by atoms with van der Waals surface area (Å²) in [6.45, 7) is 1.99. The Morgan fingerprint density at radius 2 is 2.00 bits per heavy atom. The van der Waals surface area contributed by atoms with Crippen molar-refractivity contribution in [1.82, 2.24) is 9.21 Å². The van der Waals surface area contributed by atoms with Crippen molar-refractivity contribution in [2.45, 2.75) is 44.7 Å². The quantitative estimate of drug-likeness (QED) is 0.778. The van der Waals surface area contributed by atoms with Gasteiger partial charge in [0.1, 0.15) is 12.1 Å². The van der Waals surface area contributed by atoms with Gasteiger partial charge in [-0.3, -0.25) is 4.79 Å². The van der Waals surface area contributed by atoms with Gasteiger partial charge < -0.3 is 10.0 Å². The van der Waals surface area contributed by atoms with Gasteiger partial charge in [0, 0.05) is 13.6 Å². The minimum absolute atomic E-state index is 0.281. The lowest BCUT2D eigenvalue weighted by atomic mass is 10.0. The van der Waals surface area contributed by atoms with Gasteiger partial charge >= 0.3 is 5.97 Å². The molecular weight excluding hydrogens is 284 g/mol. The topological polar surface area (TPSA) is 95.0 Å². The third kappa shape index (κ3) is 3.69. The summed E-state index contributed by atoms with van der Waals surface area (Å²) in [5.74, 6) is -1.52. The first-order valence-electron chi connectivity index (χ1n) is 6.66. The lowest BCUT2D eigenvalue weighted by molar-refractivity contribution is -0.151. The maximum Gasteiger partial charge on any atom is 0.326 e. The zero-order valence-corrected chi connectivity index (χ0v) is 12.9. The molecule has 1 aliphatic heterocycles. The molecule has 20 heavy (non-hydrogen) atoms. The Hall–Kier alpha value is -1.15. The van der Waals surface area contributed by atoms with Gasteiger partial charge in [-0.05, 0) is 19.3 Å². The number of carbonyl (C=O) groups excluding carboxylic acids is 1. The summed E-state index contributed by atoms with van der Waals surface area (Å²) >= 11 is 0. The minimum atomic E-state index is -3.47. The van der Waals surface area contributed by atoms with E-state index in [4.69, 9.17) is 5.11 Å². The molecule has 1 fully saturated rings. The van der Waals surface area contributed by atoms with Crippen LogP contribution in [0.15, 0.2) is 0 Å². The summed E-state index contributed by atoms with van der Waals surface area (Å²) in [7, 11) is -2.05. The summed E-state index contributed by atoms with van der Waals surface area (Å²) < 4.78 is 24.7. The molecule has 1 amide bonds. The fourth-order valence-electron chi connectivity index (χ4n) is 2.55. The van der Waals surface area contributed by atoms with Gasteiger partial charge in [-0.25, -0.2) is 13.2 Å². The predicted octanol–water partition coefficient (Wildman–Crippen LogP) is 0.122. The molecule has 1 saturated heterocycles. The number of amides is 1. The second kappa shape index (κ2) is 6.53. The zero-order valence-electron chi connectivity index (χ0n) is 12.1. The molecule has 116 valence electrons. The maximum absolute atomic E-state index is 12.4. The molecule has 0 spiro atoms. The molecule has 1 N–H and O–H groups in total. The molecule has 2 unspecified atom stereocenters. The number of likely N-dealkylation sites (N-methyl/N-ethyl adjacent to an activating group) is 1. The second-order valence-electron chi connectivity index (χ2n) is 5.10. The Morgan fingerprint density at radius 3 is 2.45 bits per heavy atom. The number of hydrogen-bond acceptors (Lipinski definition) is 4. The van der Waals surface area contributed by atoms with E-state index in [2.05, 4.69) is 0 Å². The van der Waals surface area contributed by atoms with Crippen LogP contribution in [-0.2, 0) is 19.6 Å². The average Bonchev–Trinajstić information content (AvgIpc) is 2.37. The van der Waals surface area contributed by atoms with Gasteiger partial charge in [0.15, 0.2) is 0 Å². The van der Waals surface area contributed by atoms with Crippen LogP contribution in [0.1, 0.15) is 32.6 Å². The average molecular weight is 306 g/mol. The van der Waals surface area contributed by atoms with Gasteiger partial charge in [-0.1, -0.05) is 13.3 Å². The fourth-order valence-corrected chi connectivity index (χ4v) is 3.67. The molecule has 8 heteroatoms. The highest BCUT2D eigenvalue weighted by atomic mass is 32.2. The predicted molar refractivity (Wildman–Crippen MR) is 73.7 cm³/mol. The molecule has 0 bridgehead atoms. The van der Waals surface area contributed by atoms with Gasteiger partial charge in [0.05, 0.1) is 6.26 Å². The number of sulfonamides is 1. The second-order valence-corrected chi connectivity index (χ2v) is 7.03. The first-order valence-corrected chi connectivity index (χ1v) is 8.51. The van der Waals surface area contributed by atoms with Gasteiger partial charge in [0.2, 0.25) is 15.9 Å². The number of aliphatic carboxylic acids is 1. The van der Waals surface area contributed by atoms with Crippen molar-refractivity contribution < 1.29 is 23.1 Å². The molecule has 0 radical (unpaired) electrons. The molecule has 1 aliphatic rings. The summed E-state index contributed by atoms with van der Waals surface area (Å²) in [4.78, 5) is 24.7. The molecule has 7 nitrogen and oxygen atoms in total. The number of carboxylic acids is 1. The first-order chi connectivity index (χ1) is 9.20. The highest BCUT2D eigenvalue weighted by Gasteiger charge is 2.38. The van der Waals surface area contributed by atoms with E-state index in [-0.39, 0.29) is 6.42 Å². The van der Waals surface area contributed by atoms with Gasteiger partial charge in [-0.15, -0.1) is 0 Å². The molecule has 0 aromatic carbocycles. The number of carboxylic acid groups (broad SMARTS) is 1. The fraction of sp³-hybridized carbons (Fsp3) is 0.833. The zero-order chi connectivity index (χ0) is 15.5. The van der Waals surface area contributed by atoms with E-state index in [9.17, 15) is 18.0 Å². The molecule has 0 aromatic heterocycles. The molecule has 0 aromatic rings. The monoisotopic (exact) mass is 306 g/mol. The van der Waals surface area contributed by atoms with E-state index in [1.807, 2.05) is 0 Å². The minimum Gasteiger partial charge on any atom is -0.480 e. The van der Waals surface area contributed by atoms with E-state index in [0.717, 1.165) is 24.0 Å². The van der Waals surface area contributed by atoms with Crippen molar-refractivity contribution in [3.63, 3.8) is 0 Å². The van der Waals surface area contributed by atoms with Crippen LogP contribution in [-0.4, -0.2) is 66.5 Å². The Bertz CT molecular complexity index is 476. The van der Waals surface area contributed by atoms with E-state index in [0.29, 0.717) is 13.0 Å². The number of carbonyl (C=O) groups is 2. The van der Waals surface area contributed by atoms with Crippen molar-refractivity contribution in [3.8, 4) is 0 Å². The molecule has 1 heterocycles. The lowest BCUT2D eigenvalue weighted by Gasteiger charge is -2.36. The third-order valence-corrected chi connectivity index (χ3v) is 4.94. The van der Waals surface area contributed by atoms with E-state index in [1.165, 1.54) is 11.4 Å². The highest BCUT2D eigenvalue weighted by Crippen LogP contribution is 2.22. The standard InChI is InChI=1S/C12H22N2O5S/c1-4-9(12(16)17)13(2)11(15)10-7-5-6-8-14(10)20(3,18)19/h9-10H,4-8H2,1-3H3,(H,16,17). The molecule has 0 saturated carbocycles. The smallest absolute Gasteiger partial charge is 0.326 e. The number of hydrogen-bond donors (Lipinski definition) is 1. The third-order valence-electron chi connectivity index (χ3n) is 3.65. The van der Waals surface area contributed by atoms with Crippen molar-refractivity contribution in [2.24, 2.45) is 0 Å². The summed E-state index contributed by atoms with van der Waals surface area (Å²) in [6, 6.07) is -1.71. The molecule has 1 rings (SSSR count). The first kappa shape index (κ1) is 16.9. The Morgan fingerprint density at radius 1 is 1.40 bits per heavy atom. The highest BCUT2D eigenvalue weighted by molar-refractivity contribution is 7.88. The van der Waals surface area contributed by atoms with Crippen LogP contribution >= 0.6 is 0 Å². The number of piperidine rings is 1. The summed E-state index contributed by atoms with van der Waals surface area (Å²) in [6.07, 6.45) is 3.28. The van der Waals surface area contributed by atoms with Crippen molar-refractivity contribution in [3.05, 3.63) is 0 Å². The van der Waals surface area contributed by atoms with Crippen LogP contribution in [0, 0.1) is 0 Å². The lowest BCUT2D eigenvalue weighted by Crippen LogP contribution is -2.55. The van der Waals surface area contributed by atoms with Gasteiger partial charge in [-0.2, -0.15) is 4.31 Å². The molecule has 0 aliphatic carbocycles. The van der Waals surface area contributed by atoms with Crippen LogP contribution in [0.2, 0.25) is 0 Å². The van der Waals surface area contributed by atoms with E-state index < -0.39 is 34.0 Å².